The lowest BCUT2D eigenvalue weighted by atomic mass is 9.89. The first-order chi connectivity index (χ1) is 7.97. The summed E-state index contributed by atoms with van der Waals surface area (Å²) < 4.78 is 26.3. The van der Waals surface area contributed by atoms with E-state index in [4.69, 9.17) is 5.73 Å². The maximum absolute atomic E-state index is 13.1. The van der Waals surface area contributed by atoms with Crippen LogP contribution in [-0.4, -0.2) is 4.98 Å². The van der Waals surface area contributed by atoms with E-state index in [2.05, 4.69) is 4.98 Å². The van der Waals surface area contributed by atoms with Crippen molar-refractivity contribution in [2.75, 3.05) is 0 Å². The molecule has 1 heterocycles. The second-order valence-corrected chi connectivity index (χ2v) is 5.19. The summed E-state index contributed by atoms with van der Waals surface area (Å²) in [6.07, 6.45) is 2.21. The zero-order chi connectivity index (χ0) is 12.5. The molecule has 0 aliphatic rings. The molecule has 0 saturated heterocycles. The van der Waals surface area contributed by atoms with E-state index in [1.54, 1.807) is 18.6 Å². The van der Waals surface area contributed by atoms with Crippen molar-refractivity contribution in [3.63, 3.8) is 0 Å². The number of thiazole rings is 1. The molecule has 0 radical (unpaired) electrons. The van der Waals surface area contributed by atoms with Gasteiger partial charge in [-0.2, -0.15) is 0 Å². The highest BCUT2D eigenvalue weighted by Crippen LogP contribution is 2.25. The van der Waals surface area contributed by atoms with E-state index in [0.717, 1.165) is 10.9 Å². The van der Waals surface area contributed by atoms with Crippen LogP contribution in [0.25, 0.3) is 0 Å². The van der Waals surface area contributed by atoms with E-state index >= 15 is 0 Å². The second-order valence-electron chi connectivity index (χ2n) is 4.22. The van der Waals surface area contributed by atoms with Crippen molar-refractivity contribution < 1.29 is 8.78 Å². The molecule has 0 amide bonds. The van der Waals surface area contributed by atoms with Crippen LogP contribution < -0.4 is 5.73 Å². The minimum absolute atomic E-state index is 0.448. The van der Waals surface area contributed by atoms with Crippen LogP contribution in [0.3, 0.4) is 0 Å². The normalized spacial score (nSPS) is 14.6. The largest absolute Gasteiger partial charge is 0.321 e. The van der Waals surface area contributed by atoms with Gasteiger partial charge in [-0.15, -0.1) is 11.3 Å². The van der Waals surface area contributed by atoms with Gasteiger partial charge in [-0.1, -0.05) is 0 Å². The van der Waals surface area contributed by atoms with E-state index in [1.165, 1.54) is 23.5 Å². The molecule has 2 nitrogen and oxygen atoms in total. The highest BCUT2D eigenvalue weighted by molar-refractivity contribution is 7.09. The van der Waals surface area contributed by atoms with Gasteiger partial charge >= 0.3 is 0 Å². The van der Waals surface area contributed by atoms with Crippen LogP contribution in [0.5, 0.6) is 0 Å². The molecule has 0 fully saturated rings. The van der Waals surface area contributed by atoms with Gasteiger partial charge in [-0.3, -0.25) is 4.98 Å². The van der Waals surface area contributed by atoms with Crippen LogP contribution in [0, 0.1) is 11.6 Å². The van der Waals surface area contributed by atoms with Gasteiger partial charge in [0.05, 0.1) is 5.51 Å². The molecule has 2 rings (SSSR count). The van der Waals surface area contributed by atoms with Gasteiger partial charge < -0.3 is 5.73 Å². The molecular formula is C12H12F2N2S. The zero-order valence-corrected chi connectivity index (χ0v) is 10.1. The Morgan fingerprint density at radius 1 is 1.29 bits per heavy atom. The Balaban J connectivity index is 2.30. The number of nitrogens with zero attached hydrogens (tertiary/aromatic N) is 1. The molecule has 0 spiro atoms. The van der Waals surface area contributed by atoms with E-state index in [-0.39, 0.29) is 0 Å². The number of aromatic nitrogens is 1. The van der Waals surface area contributed by atoms with Gasteiger partial charge in [0.15, 0.2) is 0 Å². The van der Waals surface area contributed by atoms with E-state index < -0.39 is 17.2 Å². The summed E-state index contributed by atoms with van der Waals surface area (Å²) in [4.78, 5) is 4.94. The third kappa shape index (κ3) is 2.87. The van der Waals surface area contributed by atoms with Crippen LogP contribution in [0.2, 0.25) is 0 Å². The molecule has 0 aliphatic heterocycles. The standard InChI is InChI=1S/C12H12F2N2S/c1-12(15,5-11-6-16-7-17-11)8-2-9(13)4-10(14)3-8/h2-4,6-7H,5,15H2,1H3. The van der Waals surface area contributed by atoms with Crippen LogP contribution >= 0.6 is 11.3 Å². The molecule has 5 heteroatoms. The van der Waals surface area contributed by atoms with Crippen molar-refractivity contribution in [1.29, 1.82) is 0 Å². The van der Waals surface area contributed by atoms with Gasteiger partial charge in [0.1, 0.15) is 11.6 Å². The van der Waals surface area contributed by atoms with Crippen molar-refractivity contribution >= 4 is 11.3 Å². The molecule has 1 unspecified atom stereocenters. The van der Waals surface area contributed by atoms with Gasteiger partial charge in [0, 0.05) is 29.1 Å². The van der Waals surface area contributed by atoms with Crippen LogP contribution in [0.15, 0.2) is 29.9 Å². The van der Waals surface area contributed by atoms with Crippen molar-refractivity contribution in [2.45, 2.75) is 18.9 Å². The maximum atomic E-state index is 13.1. The predicted octanol–water partition coefficient (Wildman–Crippen LogP) is 2.84. The number of hydrogen-bond acceptors (Lipinski definition) is 3. The van der Waals surface area contributed by atoms with Crippen molar-refractivity contribution in [3.8, 4) is 0 Å². The summed E-state index contributed by atoms with van der Waals surface area (Å²) >= 11 is 1.47. The minimum atomic E-state index is -0.810. The van der Waals surface area contributed by atoms with Gasteiger partial charge in [-0.05, 0) is 24.6 Å². The molecule has 2 N–H and O–H groups in total. The van der Waals surface area contributed by atoms with Gasteiger partial charge in [0.25, 0.3) is 0 Å². The number of nitrogens with two attached hydrogens (primary N) is 1. The number of rotatable bonds is 3. The Morgan fingerprint density at radius 2 is 1.94 bits per heavy atom. The topological polar surface area (TPSA) is 38.9 Å². The first kappa shape index (κ1) is 12.1. The Kier molecular flexibility index (Phi) is 3.22. The molecule has 0 aliphatic carbocycles. The smallest absolute Gasteiger partial charge is 0.126 e. The molecule has 17 heavy (non-hydrogen) atoms. The Labute approximate surface area is 102 Å². The van der Waals surface area contributed by atoms with Crippen molar-refractivity contribution in [2.24, 2.45) is 5.73 Å². The minimum Gasteiger partial charge on any atom is -0.321 e. The SMILES string of the molecule is CC(N)(Cc1cncs1)c1cc(F)cc(F)c1. The van der Waals surface area contributed by atoms with Gasteiger partial charge in [-0.25, -0.2) is 8.78 Å². The van der Waals surface area contributed by atoms with Crippen LogP contribution in [-0.2, 0) is 12.0 Å². The van der Waals surface area contributed by atoms with Gasteiger partial charge in [0.2, 0.25) is 0 Å². The van der Waals surface area contributed by atoms with E-state index in [1.807, 2.05) is 0 Å². The Bertz CT molecular complexity index is 489. The fourth-order valence-electron chi connectivity index (χ4n) is 1.68. The lowest BCUT2D eigenvalue weighted by Crippen LogP contribution is -2.35. The molecule has 1 aromatic heterocycles. The molecule has 0 saturated carbocycles. The first-order valence-electron chi connectivity index (χ1n) is 5.10. The molecule has 1 aromatic carbocycles. The van der Waals surface area contributed by atoms with Crippen molar-refractivity contribution in [3.05, 3.63) is 52.0 Å². The maximum Gasteiger partial charge on any atom is 0.126 e. The number of hydrogen-bond donors (Lipinski definition) is 1. The fraction of sp³-hybridized carbons (Fsp3) is 0.250. The summed E-state index contributed by atoms with van der Waals surface area (Å²) in [5.74, 6) is -1.22. The monoisotopic (exact) mass is 254 g/mol. The second kappa shape index (κ2) is 4.50. The van der Waals surface area contributed by atoms with E-state index in [9.17, 15) is 8.78 Å². The van der Waals surface area contributed by atoms with Crippen molar-refractivity contribution in [1.82, 2.24) is 4.98 Å². The van der Waals surface area contributed by atoms with Crippen LogP contribution in [0.1, 0.15) is 17.4 Å². The lowest BCUT2D eigenvalue weighted by Gasteiger charge is -2.24. The zero-order valence-electron chi connectivity index (χ0n) is 9.28. The summed E-state index contributed by atoms with van der Waals surface area (Å²) in [5, 5.41) is 0. The summed E-state index contributed by atoms with van der Waals surface area (Å²) in [5.41, 5.74) is 7.46. The average molecular weight is 254 g/mol. The molecule has 90 valence electrons. The highest BCUT2D eigenvalue weighted by atomic mass is 32.1. The molecule has 2 aromatic rings. The number of halogens is 2. The highest BCUT2D eigenvalue weighted by Gasteiger charge is 2.23. The Morgan fingerprint density at radius 3 is 2.47 bits per heavy atom. The van der Waals surface area contributed by atoms with Crippen LogP contribution in [0.4, 0.5) is 8.78 Å². The lowest BCUT2D eigenvalue weighted by molar-refractivity contribution is 0.481. The fourth-order valence-corrected chi connectivity index (χ4v) is 2.44. The average Bonchev–Trinajstić information content (AvgIpc) is 2.68. The molecule has 0 bridgehead atoms. The molecule has 1 atom stereocenters. The summed E-state index contributed by atoms with van der Waals surface area (Å²) in [6.45, 7) is 1.75. The van der Waals surface area contributed by atoms with E-state index in [0.29, 0.717) is 12.0 Å². The quantitative estimate of drug-likeness (QED) is 0.914. The third-order valence-electron chi connectivity index (χ3n) is 2.55. The third-order valence-corrected chi connectivity index (χ3v) is 3.33. The summed E-state index contributed by atoms with van der Waals surface area (Å²) in [6, 6.07) is 3.38. The first-order valence-corrected chi connectivity index (χ1v) is 5.98. The summed E-state index contributed by atoms with van der Waals surface area (Å²) in [7, 11) is 0. The predicted molar refractivity (Wildman–Crippen MR) is 63.7 cm³/mol. The Hall–Kier alpha value is -1.33. The number of benzene rings is 1. The molecular weight excluding hydrogens is 242 g/mol.